The van der Waals surface area contributed by atoms with E-state index in [0.29, 0.717) is 11.4 Å². The molecule has 1 unspecified atom stereocenters. The van der Waals surface area contributed by atoms with Gasteiger partial charge in [0.2, 0.25) is 0 Å². The molecule has 20 heavy (non-hydrogen) atoms. The van der Waals surface area contributed by atoms with Crippen LogP contribution in [0.25, 0.3) is 6.08 Å². The number of nitrogens with zero attached hydrogens (tertiary/aromatic N) is 2. The Morgan fingerprint density at radius 2 is 2.20 bits per heavy atom. The Bertz CT molecular complexity index is 601. The zero-order valence-corrected chi connectivity index (χ0v) is 12.0. The fourth-order valence-corrected chi connectivity index (χ4v) is 2.18. The van der Waals surface area contributed by atoms with Crippen LogP contribution in [0.1, 0.15) is 26.3 Å². The first-order valence-corrected chi connectivity index (χ1v) is 6.33. The third-order valence-corrected chi connectivity index (χ3v) is 3.08. The molecule has 0 saturated carbocycles. The summed E-state index contributed by atoms with van der Waals surface area (Å²) in [6, 6.07) is 3.61. The van der Waals surface area contributed by atoms with Gasteiger partial charge in [-0.2, -0.15) is 0 Å². The van der Waals surface area contributed by atoms with E-state index in [4.69, 9.17) is 4.74 Å². The average Bonchev–Trinajstić information content (AvgIpc) is 2.59. The van der Waals surface area contributed by atoms with Crippen LogP contribution in [-0.4, -0.2) is 29.3 Å². The number of aliphatic hydroxyl groups is 1. The van der Waals surface area contributed by atoms with E-state index in [-0.39, 0.29) is 11.7 Å². The van der Waals surface area contributed by atoms with Crippen LogP contribution in [0.15, 0.2) is 35.2 Å². The Kier molecular flexibility index (Phi) is 3.90. The third-order valence-electron chi connectivity index (χ3n) is 3.08. The van der Waals surface area contributed by atoms with Gasteiger partial charge < -0.3 is 9.84 Å². The van der Waals surface area contributed by atoms with Crippen LogP contribution in [0.4, 0.5) is 5.82 Å². The number of rotatable bonds is 3. The summed E-state index contributed by atoms with van der Waals surface area (Å²) < 4.78 is 5.08. The van der Waals surface area contributed by atoms with Crippen LogP contribution in [0.2, 0.25) is 0 Å². The smallest absolute Gasteiger partial charge is 0.261 e. The highest BCUT2D eigenvalue weighted by molar-refractivity contribution is 6.08. The standard InChI is InChI=1S/C15H18N2O3/c1-9(2)7-11-5-6-16-12(8-11)17-14(18)10(3)13(20-4)15(17)19/h5-8,15,19H,1-4H3. The number of methoxy groups -OCH3 is 1. The molecule has 2 rings (SSSR count). The van der Waals surface area contributed by atoms with Crippen molar-refractivity contribution in [2.75, 3.05) is 12.0 Å². The van der Waals surface area contributed by atoms with Crippen molar-refractivity contribution in [2.45, 2.75) is 27.0 Å². The average molecular weight is 274 g/mol. The Labute approximate surface area is 118 Å². The van der Waals surface area contributed by atoms with E-state index < -0.39 is 6.23 Å². The predicted octanol–water partition coefficient (Wildman–Crippen LogP) is 2.09. The third kappa shape index (κ3) is 2.44. The molecule has 1 aliphatic rings. The van der Waals surface area contributed by atoms with E-state index in [2.05, 4.69) is 4.98 Å². The summed E-state index contributed by atoms with van der Waals surface area (Å²) in [5, 5.41) is 10.2. The Hall–Kier alpha value is -2.14. The number of anilines is 1. The highest BCUT2D eigenvalue weighted by Crippen LogP contribution is 2.29. The molecule has 0 radical (unpaired) electrons. The van der Waals surface area contributed by atoms with Gasteiger partial charge in [0.25, 0.3) is 5.91 Å². The molecule has 1 amide bonds. The van der Waals surface area contributed by atoms with Crippen LogP contribution in [-0.2, 0) is 9.53 Å². The molecule has 1 aromatic heterocycles. The SMILES string of the molecule is COC1=C(C)C(=O)N(c2cc(C=C(C)C)ccn2)C1O. The van der Waals surface area contributed by atoms with Crippen molar-refractivity contribution >= 4 is 17.8 Å². The van der Waals surface area contributed by atoms with Crippen LogP contribution < -0.4 is 4.90 Å². The van der Waals surface area contributed by atoms with Crippen molar-refractivity contribution in [3.63, 3.8) is 0 Å². The number of amides is 1. The molecule has 5 nitrogen and oxygen atoms in total. The molecule has 0 spiro atoms. The highest BCUT2D eigenvalue weighted by atomic mass is 16.5. The summed E-state index contributed by atoms with van der Waals surface area (Å²) >= 11 is 0. The molecular formula is C15H18N2O3. The lowest BCUT2D eigenvalue weighted by Gasteiger charge is -2.21. The minimum Gasteiger partial charge on any atom is -0.496 e. The largest absolute Gasteiger partial charge is 0.496 e. The predicted molar refractivity (Wildman–Crippen MR) is 76.8 cm³/mol. The molecule has 0 aliphatic carbocycles. The molecule has 0 bridgehead atoms. The van der Waals surface area contributed by atoms with Gasteiger partial charge in [-0.3, -0.25) is 9.69 Å². The monoisotopic (exact) mass is 274 g/mol. The summed E-state index contributed by atoms with van der Waals surface area (Å²) in [7, 11) is 1.44. The number of hydrogen-bond acceptors (Lipinski definition) is 4. The van der Waals surface area contributed by atoms with E-state index >= 15 is 0 Å². The maximum absolute atomic E-state index is 12.2. The number of allylic oxidation sites excluding steroid dienone is 1. The maximum Gasteiger partial charge on any atom is 0.261 e. The van der Waals surface area contributed by atoms with Crippen molar-refractivity contribution in [3.05, 3.63) is 40.8 Å². The summed E-state index contributed by atoms with van der Waals surface area (Å²) in [5.41, 5.74) is 2.47. The Morgan fingerprint density at radius 3 is 2.75 bits per heavy atom. The maximum atomic E-state index is 12.2. The number of ether oxygens (including phenoxy) is 1. The van der Waals surface area contributed by atoms with Crippen molar-refractivity contribution in [1.82, 2.24) is 4.98 Å². The van der Waals surface area contributed by atoms with Gasteiger partial charge in [0.05, 0.1) is 12.7 Å². The molecule has 1 atom stereocenters. The molecule has 1 aromatic rings. The molecule has 5 heteroatoms. The lowest BCUT2D eigenvalue weighted by Crippen LogP contribution is -2.36. The van der Waals surface area contributed by atoms with Crippen LogP contribution in [0.3, 0.4) is 0 Å². The van der Waals surface area contributed by atoms with E-state index in [1.165, 1.54) is 12.0 Å². The number of aliphatic hydroxyl groups excluding tert-OH is 1. The second-order valence-electron chi connectivity index (χ2n) is 4.91. The number of carbonyl (C=O) groups excluding carboxylic acids is 1. The zero-order chi connectivity index (χ0) is 14.9. The molecule has 106 valence electrons. The van der Waals surface area contributed by atoms with Gasteiger partial charge in [-0.05, 0) is 38.5 Å². The quantitative estimate of drug-likeness (QED) is 0.916. The van der Waals surface area contributed by atoms with E-state index in [1.807, 2.05) is 26.0 Å². The van der Waals surface area contributed by atoms with Gasteiger partial charge in [0.15, 0.2) is 12.0 Å². The van der Waals surface area contributed by atoms with Crippen molar-refractivity contribution in [2.24, 2.45) is 0 Å². The lowest BCUT2D eigenvalue weighted by atomic mass is 10.2. The van der Waals surface area contributed by atoms with Gasteiger partial charge in [-0.15, -0.1) is 0 Å². The zero-order valence-electron chi connectivity index (χ0n) is 12.0. The normalized spacial score (nSPS) is 18.6. The minimum atomic E-state index is -1.12. The fraction of sp³-hybridized carbons (Fsp3) is 0.333. The van der Waals surface area contributed by atoms with Gasteiger partial charge in [-0.25, -0.2) is 4.98 Å². The molecule has 1 aliphatic heterocycles. The van der Waals surface area contributed by atoms with Crippen LogP contribution >= 0.6 is 0 Å². The lowest BCUT2D eigenvalue weighted by molar-refractivity contribution is -0.115. The van der Waals surface area contributed by atoms with Crippen LogP contribution in [0, 0.1) is 0 Å². The first-order chi connectivity index (χ1) is 9.45. The van der Waals surface area contributed by atoms with Crippen molar-refractivity contribution in [3.8, 4) is 0 Å². The first kappa shape index (κ1) is 14.3. The Morgan fingerprint density at radius 1 is 1.50 bits per heavy atom. The summed E-state index contributed by atoms with van der Waals surface area (Å²) in [6.07, 6.45) is 2.47. The van der Waals surface area contributed by atoms with Gasteiger partial charge >= 0.3 is 0 Å². The highest BCUT2D eigenvalue weighted by Gasteiger charge is 2.38. The van der Waals surface area contributed by atoms with E-state index in [9.17, 15) is 9.90 Å². The second kappa shape index (κ2) is 5.46. The second-order valence-corrected chi connectivity index (χ2v) is 4.91. The topological polar surface area (TPSA) is 62.7 Å². The molecule has 1 N–H and O–H groups in total. The first-order valence-electron chi connectivity index (χ1n) is 6.33. The van der Waals surface area contributed by atoms with Gasteiger partial charge in [0, 0.05) is 6.20 Å². The fourth-order valence-electron chi connectivity index (χ4n) is 2.18. The minimum absolute atomic E-state index is 0.268. The number of pyridine rings is 1. The summed E-state index contributed by atoms with van der Waals surface area (Å²) in [4.78, 5) is 17.6. The van der Waals surface area contributed by atoms with E-state index in [1.54, 1.807) is 19.2 Å². The molecule has 2 heterocycles. The molecule has 0 saturated heterocycles. The number of carbonyl (C=O) groups is 1. The van der Waals surface area contributed by atoms with Crippen LogP contribution in [0.5, 0.6) is 0 Å². The summed E-state index contributed by atoms with van der Waals surface area (Å²) in [6.45, 7) is 5.61. The molecule has 0 aromatic carbocycles. The van der Waals surface area contributed by atoms with Gasteiger partial charge in [0.1, 0.15) is 5.82 Å². The van der Waals surface area contributed by atoms with E-state index in [0.717, 1.165) is 11.1 Å². The van der Waals surface area contributed by atoms with Crippen molar-refractivity contribution in [1.29, 1.82) is 0 Å². The Balaban J connectivity index is 2.39. The van der Waals surface area contributed by atoms with Crippen molar-refractivity contribution < 1.29 is 14.6 Å². The number of aromatic nitrogens is 1. The molecule has 0 fully saturated rings. The molecular weight excluding hydrogens is 256 g/mol. The number of hydrogen-bond donors (Lipinski definition) is 1. The van der Waals surface area contributed by atoms with Gasteiger partial charge in [-0.1, -0.05) is 11.6 Å². The summed E-state index contributed by atoms with van der Waals surface area (Å²) in [5.74, 6) is 0.379.